The van der Waals surface area contributed by atoms with Crippen molar-refractivity contribution in [2.24, 2.45) is 0 Å². The van der Waals surface area contributed by atoms with E-state index in [0.717, 1.165) is 30.7 Å². The number of hydrogen-bond donors (Lipinski definition) is 0. The molecular formula is C14H17NO3S. The summed E-state index contributed by atoms with van der Waals surface area (Å²) < 4.78 is 23.9. The topological polar surface area (TPSA) is 54.5 Å². The van der Waals surface area contributed by atoms with Crippen LogP contribution in [0.1, 0.15) is 19.3 Å². The minimum absolute atomic E-state index is 0.206. The Bertz CT molecular complexity index is 558. The summed E-state index contributed by atoms with van der Waals surface area (Å²) in [5, 5.41) is 0.999. The van der Waals surface area contributed by atoms with E-state index in [9.17, 15) is 13.2 Å². The van der Waals surface area contributed by atoms with Gasteiger partial charge in [0.25, 0.3) is 0 Å². The lowest BCUT2D eigenvalue weighted by Gasteiger charge is -2.25. The van der Waals surface area contributed by atoms with Crippen molar-refractivity contribution in [2.75, 3.05) is 13.1 Å². The highest BCUT2D eigenvalue weighted by Crippen LogP contribution is 2.13. The first kappa shape index (κ1) is 13.8. The number of carbonyl (C=O) groups is 1. The van der Waals surface area contributed by atoms with Crippen molar-refractivity contribution in [3.63, 3.8) is 0 Å². The molecule has 0 aliphatic carbocycles. The summed E-state index contributed by atoms with van der Waals surface area (Å²) in [5.41, 5.74) is 0. The molecule has 1 amide bonds. The molecular weight excluding hydrogens is 262 g/mol. The highest BCUT2D eigenvalue weighted by Gasteiger charge is 2.15. The largest absolute Gasteiger partial charge is 0.339 e. The van der Waals surface area contributed by atoms with Crippen molar-refractivity contribution in [2.45, 2.75) is 24.2 Å². The quantitative estimate of drug-likeness (QED) is 0.795. The van der Waals surface area contributed by atoms with Gasteiger partial charge in [0, 0.05) is 24.6 Å². The lowest BCUT2D eigenvalue weighted by Crippen LogP contribution is -2.34. The molecule has 0 radical (unpaired) electrons. The lowest BCUT2D eigenvalue weighted by atomic mass is 10.1. The van der Waals surface area contributed by atoms with Crippen molar-refractivity contribution in [1.82, 2.24) is 4.90 Å². The van der Waals surface area contributed by atoms with Gasteiger partial charge in [-0.2, -0.15) is 0 Å². The maximum Gasteiger partial charge on any atom is 0.247 e. The maximum atomic E-state index is 12.0. The van der Waals surface area contributed by atoms with Gasteiger partial charge in [-0.25, -0.2) is 8.42 Å². The number of rotatable bonds is 3. The van der Waals surface area contributed by atoms with E-state index in [-0.39, 0.29) is 10.8 Å². The van der Waals surface area contributed by atoms with Crippen LogP contribution in [0.4, 0.5) is 0 Å². The standard InChI is InChI=1S/C14H17NO3S/c16-14(15-10-5-2-6-11-15)9-12-19(17,18)13-7-3-1-4-8-13/h1,3-4,7-9,12H,2,5-6,10-11H2. The highest BCUT2D eigenvalue weighted by molar-refractivity contribution is 7.94. The molecule has 4 nitrogen and oxygen atoms in total. The molecule has 5 heteroatoms. The van der Waals surface area contributed by atoms with Crippen LogP contribution in [0.2, 0.25) is 0 Å². The summed E-state index contributed by atoms with van der Waals surface area (Å²) in [6.45, 7) is 1.43. The zero-order chi connectivity index (χ0) is 13.7. The minimum Gasteiger partial charge on any atom is -0.339 e. The number of piperidine rings is 1. The van der Waals surface area contributed by atoms with E-state index in [1.807, 2.05) is 0 Å². The third-order valence-electron chi connectivity index (χ3n) is 3.13. The van der Waals surface area contributed by atoms with Gasteiger partial charge < -0.3 is 4.90 Å². The molecule has 0 N–H and O–H groups in total. The molecule has 1 fully saturated rings. The minimum atomic E-state index is -3.52. The van der Waals surface area contributed by atoms with Crippen LogP contribution in [0.3, 0.4) is 0 Å². The van der Waals surface area contributed by atoms with Gasteiger partial charge in [-0.3, -0.25) is 4.79 Å². The van der Waals surface area contributed by atoms with Gasteiger partial charge in [0.1, 0.15) is 0 Å². The SMILES string of the molecule is O=C(C=CS(=O)(=O)c1ccccc1)N1CCCCC1. The predicted octanol–water partition coefficient (Wildman–Crippen LogP) is 1.99. The zero-order valence-corrected chi connectivity index (χ0v) is 11.5. The Labute approximate surface area is 113 Å². The number of amides is 1. The third-order valence-corrected chi connectivity index (χ3v) is 4.55. The fourth-order valence-corrected chi connectivity index (χ4v) is 3.05. The summed E-state index contributed by atoms with van der Waals surface area (Å²) in [4.78, 5) is 13.8. The van der Waals surface area contributed by atoms with Crippen LogP contribution in [0, 0.1) is 0 Å². The van der Waals surface area contributed by atoms with Gasteiger partial charge in [-0.05, 0) is 31.4 Å². The van der Waals surface area contributed by atoms with Crippen molar-refractivity contribution in [3.8, 4) is 0 Å². The third kappa shape index (κ3) is 3.67. The first-order chi connectivity index (χ1) is 9.09. The number of nitrogens with zero attached hydrogens (tertiary/aromatic N) is 1. The molecule has 2 rings (SSSR count). The smallest absolute Gasteiger partial charge is 0.247 e. The van der Waals surface area contributed by atoms with Crippen LogP contribution in [0.15, 0.2) is 46.7 Å². The highest BCUT2D eigenvalue weighted by atomic mass is 32.2. The van der Waals surface area contributed by atoms with E-state index in [1.54, 1.807) is 23.1 Å². The van der Waals surface area contributed by atoms with E-state index < -0.39 is 9.84 Å². The molecule has 1 aliphatic rings. The van der Waals surface area contributed by atoms with Crippen LogP contribution in [0.25, 0.3) is 0 Å². The fourth-order valence-electron chi connectivity index (χ4n) is 2.06. The molecule has 19 heavy (non-hydrogen) atoms. The normalized spacial score (nSPS) is 16.7. The van der Waals surface area contributed by atoms with Crippen LogP contribution in [0.5, 0.6) is 0 Å². The average Bonchev–Trinajstić information content (AvgIpc) is 2.47. The molecule has 102 valence electrons. The van der Waals surface area contributed by atoms with Gasteiger partial charge in [0.05, 0.1) is 4.90 Å². The Hall–Kier alpha value is -1.62. The van der Waals surface area contributed by atoms with Gasteiger partial charge in [-0.1, -0.05) is 18.2 Å². The predicted molar refractivity (Wildman–Crippen MR) is 73.2 cm³/mol. The summed E-state index contributed by atoms with van der Waals surface area (Å²) in [6, 6.07) is 8.11. The van der Waals surface area contributed by atoms with Crippen LogP contribution < -0.4 is 0 Å². The van der Waals surface area contributed by atoms with Crippen molar-refractivity contribution in [3.05, 3.63) is 41.8 Å². The second kappa shape index (κ2) is 6.02. The van der Waals surface area contributed by atoms with Crippen molar-refractivity contribution >= 4 is 15.7 Å². The molecule has 0 bridgehead atoms. The number of sulfone groups is 1. The van der Waals surface area contributed by atoms with Crippen LogP contribution in [-0.4, -0.2) is 32.3 Å². The molecule has 1 saturated heterocycles. The van der Waals surface area contributed by atoms with Gasteiger partial charge in [0.15, 0.2) is 9.84 Å². The van der Waals surface area contributed by atoms with Gasteiger partial charge in [-0.15, -0.1) is 0 Å². The Balaban J connectivity index is 2.07. The zero-order valence-electron chi connectivity index (χ0n) is 10.7. The van der Waals surface area contributed by atoms with Gasteiger partial charge >= 0.3 is 0 Å². The van der Waals surface area contributed by atoms with Crippen molar-refractivity contribution in [1.29, 1.82) is 0 Å². The first-order valence-corrected chi connectivity index (χ1v) is 7.91. The van der Waals surface area contributed by atoms with E-state index in [2.05, 4.69) is 0 Å². The number of hydrogen-bond acceptors (Lipinski definition) is 3. The van der Waals surface area contributed by atoms with E-state index in [4.69, 9.17) is 0 Å². The second-order valence-electron chi connectivity index (χ2n) is 4.55. The fraction of sp³-hybridized carbons (Fsp3) is 0.357. The lowest BCUT2D eigenvalue weighted by molar-refractivity contribution is -0.126. The molecule has 0 spiro atoms. The molecule has 0 aromatic heterocycles. The summed E-state index contributed by atoms with van der Waals surface area (Å²) >= 11 is 0. The Kier molecular flexibility index (Phi) is 4.37. The van der Waals surface area contributed by atoms with Crippen LogP contribution >= 0.6 is 0 Å². The number of likely N-dealkylation sites (tertiary alicyclic amines) is 1. The van der Waals surface area contributed by atoms with Crippen molar-refractivity contribution < 1.29 is 13.2 Å². The molecule has 0 atom stereocenters. The van der Waals surface area contributed by atoms with E-state index >= 15 is 0 Å². The molecule has 1 heterocycles. The first-order valence-electron chi connectivity index (χ1n) is 6.37. The second-order valence-corrected chi connectivity index (χ2v) is 6.38. The Morgan fingerprint density at radius 1 is 1.05 bits per heavy atom. The van der Waals surface area contributed by atoms with Crippen LogP contribution in [-0.2, 0) is 14.6 Å². The summed E-state index contributed by atoms with van der Waals surface area (Å²) in [6.07, 6.45) is 4.28. The Morgan fingerprint density at radius 3 is 2.32 bits per heavy atom. The molecule has 0 saturated carbocycles. The van der Waals surface area contributed by atoms with E-state index in [0.29, 0.717) is 13.1 Å². The molecule has 0 unspecified atom stereocenters. The maximum absolute atomic E-state index is 12.0. The van der Waals surface area contributed by atoms with Gasteiger partial charge in [0.2, 0.25) is 5.91 Å². The number of benzene rings is 1. The summed E-state index contributed by atoms with van der Waals surface area (Å²) in [5.74, 6) is -0.223. The molecule has 1 aliphatic heterocycles. The molecule has 1 aromatic carbocycles. The van der Waals surface area contributed by atoms with E-state index in [1.165, 1.54) is 12.1 Å². The molecule has 1 aromatic rings. The Morgan fingerprint density at radius 2 is 1.68 bits per heavy atom. The average molecular weight is 279 g/mol. The summed E-state index contributed by atoms with van der Waals surface area (Å²) in [7, 11) is -3.52. The monoisotopic (exact) mass is 279 g/mol. The number of carbonyl (C=O) groups excluding carboxylic acids is 1.